The molecule has 6 nitrogen and oxygen atoms in total. The number of imidazole rings is 1. The number of amides is 1. The number of anilines is 1. The molecule has 2 aromatic heterocycles. The molecule has 0 bridgehead atoms. The van der Waals surface area contributed by atoms with Gasteiger partial charge < -0.3 is 19.2 Å². The third-order valence-electron chi connectivity index (χ3n) is 4.61. The van der Waals surface area contributed by atoms with E-state index in [-0.39, 0.29) is 12.7 Å². The fourth-order valence-electron chi connectivity index (χ4n) is 3.20. The predicted octanol–water partition coefficient (Wildman–Crippen LogP) is 4.38. The highest BCUT2D eigenvalue weighted by Crippen LogP contribution is 2.32. The number of hydrogen-bond donors (Lipinski definition) is 1. The SMILES string of the molecule is O=C(/C=C/c1ccc2c(c1)OCO2)Nc1cccc(-c2cn3ccccc3n2)c1. The fourth-order valence-corrected chi connectivity index (χ4v) is 3.20. The van der Waals surface area contributed by atoms with E-state index in [0.717, 1.165) is 28.2 Å². The van der Waals surface area contributed by atoms with Gasteiger partial charge in [-0.05, 0) is 48.0 Å². The lowest BCUT2D eigenvalue weighted by atomic mass is 10.1. The Bertz CT molecular complexity index is 1210. The molecule has 0 atom stereocenters. The summed E-state index contributed by atoms with van der Waals surface area (Å²) >= 11 is 0. The van der Waals surface area contributed by atoms with Crippen LogP contribution in [0.3, 0.4) is 0 Å². The summed E-state index contributed by atoms with van der Waals surface area (Å²) in [6.45, 7) is 0.228. The molecule has 0 saturated carbocycles. The van der Waals surface area contributed by atoms with Gasteiger partial charge in [0.2, 0.25) is 12.7 Å². The Morgan fingerprint density at radius 3 is 2.90 bits per heavy atom. The zero-order chi connectivity index (χ0) is 19.6. The molecule has 4 aromatic rings. The van der Waals surface area contributed by atoms with Crippen molar-refractivity contribution in [1.29, 1.82) is 0 Å². The van der Waals surface area contributed by atoms with Gasteiger partial charge in [0.15, 0.2) is 11.5 Å². The minimum atomic E-state index is -0.213. The Morgan fingerprint density at radius 2 is 1.97 bits per heavy atom. The van der Waals surface area contributed by atoms with Gasteiger partial charge in [-0.2, -0.15) is 0 Å². The van der Waals surface area contributed by atoms with Gasteiger partial charge in [0, 0.05) is 29.7 Å². The molecule has 0 unspecified atom stereocenters. The van der Waals surface area contributed by atoms with Crippen molar-refractivity contribution in [3.63, 3.8) is 0 Å². The Labute approximate surface area is 167 Å². The number of fused-ring (bicyclic) bond motifs is 2. The Kier molecular flexibility index (Phi) is 4.22. The van der Waals surface area contributed by atoms with Crippen LogP contribution in [-0.2, 0) is 4.79 Å². The molecule has 0 saturated heterocycles. The van der Waals surface area contributed by atoms with Crippen molar-refractivity contribution in [2.45, 2.75) is 0 Å². The van der Waals surface area contributed by atoms with Gasteiger partial charge in [-0.3, -0.25) is 4.79 Å². The van der Waals surface area contributed by atoms with Crippen LogP contribution in [0.2, 0.25) is 0 Å². The lowest BCUT2D eigenvalue weighted by molar-refractivity contribution is -0.111. The average Bonchev–Trinajstić information content (AvgIpc) is 3.39. The molecule has 29 heavy (non-hydrogen) atoms. The van der Waals surface area contributed by atoms with Crippen molar-refractivity contribution in [3.8, 4) is 22.8 Å². The highest BCUT2D eigenvalue weighted by molar-refractivity contribution is 6.02. The average molecular weight is 383 g/mol. The normalized spacial score (nSPS) is 12.6. The van der Waals surface area contributed by atoms with E-state index in [2.05, 4.69) is 10.3 Å². The summed E-state index contributed by atoms with van der Waals surface area (Å²) in [6.07, 6.45) is 7.16. The summed E-state index contributed by atoms with van der Waals surface area (Å²) in [5.74, 6) is 1.19. The number of ether oxygens (including phenoxy) is 2. The van der Waals surface area contributed by atoms with E-state index in [1.165, 1.54) is 6.08 Å². The van der Waals surface area contributed by atoms with E-state index in [9.17, 15) is 4.79 Å². The van der Waals surface area contributed by atoms with Crippen LogP contribution in [0, 0.1) is 0 Å². The molecule has 0 spiro atoms. The smallest absolute Gasteiger partial charge is 0.248 e. The largest absolute Gasteiger partial charge is 0.454 e. The number of pyridine rings is 1. The van der Waals surface area contributed by atoms with Crippen molar-refractivity contribution >= 4 is 23.3 Å². The first-order valence-electron chi connectivity index (χ1n) is 9.17. The molecule has 0 aliphatic carbocycles. The Hall–Kier alpha value is -4.06. The molecule has 1 aliphatic rings. The highest BCUT2D eigenvalue weighted by atomic mass is 16.7. The van der Waals surface area contributed by atoms with Gasteiger partial charge in [0.1, 0.15) is 5.65 Å². The maximum Gasteiger partial charge on any atom is 0.248 e. The number of aromatic nitrogens is 2. The number of benzene rings is 2. The van der Waals surface area contributed by atoms with Gasteiger partial charge in [-0.1, -0.05) is 24.3 Å². The third kappa shape index (κ3) is 3.55. The lowest BCUT2D eigenvalue weighted by Gasteiger charge is -2.04. The number of nitrogens with zero attached hydrogens (tertiary/aromatic N) is 2. The molecule has 3 heterocycles. The second-order valence-electron chi connectivity index (χ2n) is 6.61. The van der Waals surface area contributed by atoms with Crippen LogP contribution < -0.4 is 14.8 Å². The van der Waals surface area contributed by atoms with Crippen molar-refractivity contribution < 1.29 is 14.3 Å². The van der Waals surface area contributed by atoms with Gasteiger partial charge in [0.25, 0.3) is 0 Å². The molecule has 0 radical (unpaired) electrons. The number of hydrogen-bond acceptors (Lipinski definition) is 4. The monoisotopic (exact) mass is 383 g/mol. The molecule has 5 rings (SSSR count). The summed E-state index contributed by atoms with van der Waals surface area (Å²) in [4.78, 5) is 17.0. The molecule has 0 fully saturated rings. The van der Waals surface area contributed by atoms with Crippen molar-refractivity contribution in [2.75, 3.05) is 12.1 Å². The maximum atomic E-state index is 12.3. The van der Waals surface area contributed by atoms with Crippen LogP contribution in [0.15, 0.2) is 79.1 Å². The zero-order valence-corrected chi connectivity index (χ0v) is 15.4. The Balaban J connectivity index is 1.31. The first-order valence-corrected chi connectivity index (χ1v) is 9.17. The minimum Gasteiger partial charge on any atom is -0.454 e. The summed E-state index contributed by atoms with van der Waals surface area (Å²) in [6, 6.07) is 19.1. The van der Waals surface area contributed by atoms with E-state index >= 15 is 0 Å². The summed E-state index contributed by atoms with van der Waals surface area (Å²) < 4.78 is 12.6. The number of nitrogens with one attached hydrogen (secondary N) is 1. The number of rotatable bonds is 4. The molecule has 6 heteroatoms. The van der Waals surface area contributed by atoms with Crippen molar-refractivity contribution in [1.82, 2.24) is 9.38 Å². The maximum absolute atomic E-state index is 12.3. The van der Waals surface area contributed by atoms with Gasteiger partial charge in [0.05, 0.1) is 5.69 Å². The van der Waals surface area contributed by atoms with Crippen LogP contribution in [-0.4, -0.2) is 22.1 Å². The van der Waals surface area contributed by atoms with E-state index in [0.29, 0.717) is 11.4 Å². The highest BCUT2D eigenvalue weighted by Gasteiger charge is 2.12. The topological polar surface area (TPSA) is 64.9 Å². The van der Waals surface area contributed by atoms with Crippen molar-refractivity contribution in [2.24, 2.45) is 0 Å². The van der Waals surface area contributed by atoms with Crippen LogP contribution >= 0.6 is 0 Å². The molecular formula is C23H17N3O3. The van der Waals surface area contributed by atoms with Crippen LogP contribution in [0.1, 0.15) is 5.56 Å². The molecule has 142 valence electrons. The summed E-state index contributed by atoms with van der Waals surface area (Å²) in [5, 5.41) is 2.89. The quantitative estimate of drug-likeness (QED) is 0.531. The van der Waals surface area contributed by atoms with Gasteiger partial charge >= 0.3 is 0 Å². The molecule has 1 amide bonds. The predicted molar refractivity (Wildman–Crippen MR) is 111 cm³/mol. The molecule has 1 N–H and O–H groups in total. The molecule has 2 aromatic carbocycles. The van der Waals surface area contributed by atoms with Gasteiger partial charge in [-0.15, -0.1) is 0 Å². The zero-order valence-electron chi connectivity index (χ0n) is 15.4. The summed E-state index contributed by atoms with van der Waals surface area (Å²) in [7, 11) is 0. The number of carbonyl (C=O) groups excluding carboxylic acids is 1. The van der Waals surface area contributed by atoms with Crippen LogP contribution in [0.5, 0.6) is 11.5 Å². The number of carbonyl (C=O) groups is 1. The third-order valence-corrected chi connectivity index (χ3v) is 4.61. The molecule has 1 aliphatic heterocycles. The first kappa shape index (κ1) is 17.1. The first-order chi connectivity index (χ1) is 14.2. The standard InChI is InChI=1S/C23H17N3O3/c27-23(10-8-16-7-9-20-21(12-16)29-15-28-20)24-18-5-3-4-17(13-18)19-14-26-11-2-1-6-22(26)25-19/h1-14H,15H2,(H,24,27)/b10-8+. The summed E-state index contributed by atoms with van der Waals surface area (Å²) in [5.41, 5.74) is 4.24. The molecular weight excluding hydrogens is 366 g/mol. The van der Waals surface area contributed by atoms with E-state index in [4.69, 9.17) is 9.47 Å². The lowest BCUT2D eigenvalue weighted by Crippen LogP contribution is -2.07. The van der Waals surface area contributed by atoms with E-state index in [1.807, 2.05) is 77.5 Å². The Morgan fingerprint density at radius 1 is 1.03 bits per heavy atom. The fraction of sp³-hybridized carbons (Fsp3) is 0.0435. The second-order valence-corrected chi connectivity index (χ2v) is 6.61. The van der Waals surface area contributed by atoms with Gasteiger partial charge in [-0.25, -0.2) is 4.98 Å². The second kappa shape index (κ2) is 7.16. The minimum absolute atomic E-state index is 0.213. The van der Waals surface area contributed by atoms with E-state index in [1.54, 1.807) is 6.08 Å². The van der Waals surface area contributed by atoms with E-state index < -0.39 is 0 Å². The van der Waals surface area contributed by atoms with Crippen LogP contribution in [0.25, 0.3) is 23.0 Å². The van der Waals surface area contributed by atoms with Crippen LogP contribution in [0.4, 0.5) is 5.69 Å². The van der Waals surface area contributed by atoms with Crippen molar-refractivity contribution in [3.05, 3.63) is 84.7 Å².